The number of fused-ring (bicyclic) bond motifs is 4. The molecule has 0 saturated heterocycles. The van der Waals surface area contributed by atoms with E-state index in [-0.39, 0.29) is 12.1 Å². The van der Waals surface area contributed by atoms with Gasteiger partial charge in [0.05, 0.1) is 12.1 Å². The highest BCUT2D eigenvalue weighted by Gasteiger charge is 2.35. The zero-order valence-electron chi connectivity index (χ0n) is 21.7. The molecule has 2 heteroatoms. The van der Waals surface area contributed by atoms with E-state index >= 15 is 0 Å². The zero-order chi connectivity index (χ0) is 25.5. The second-order valence-corrected chi connectivity index (χ2v) is 10.0. The summed E-state index contributed by atoms with van der Waals surface area (Å²) in [6, 6.07) is 32.9. The summed E-state index contributed by atoms with van der Waals surface area (Å²) in [5.41, 5.74) is 10.1. The summed E-state index contributed by atoms with van der Waals surface area (Å²) in [6.45, 7) is 8.85. The number of rotatable bonds is 3. The molecule has 0 N–H and O–H groups in total. The molecular weight excluding hydrogens is 448 g/mol. The Hall–Kier alpha value is -4.30. The Kier molecular flexibility index (Phi) is 5.81. The molecule has 2 heterocycles. The molecule has 0 aromatic heterocycles. The van der Waals surface area contributed by atoms with Crippen molar-refractivity contribution in [2.45, 2.75) is 25.9 Å². The summed E-state index contributed by atoms with van der Waals surface area (Å²) >= 11 is 0. The fourth-order valence-corrected chi connectivity index (χ4v) is 6.14. The van der Waals surface area contributed by atoms with Crippen LogP contribution >= 0.6 is 0 Å². The van der Waals surface area contributed by atoms with Crippen LogP contribution in [0.1, 0.15) is 36.6 Å². The van der Waals surface area contributed by atoms with Crippen LogP contribution < -0.4 is 4.90 Å². The molecule has 37 heavy (non-hydrogen) atoms. The molecule has 0 aliphatic carbocycles. The van der Waals surface area contributed by atoms with Gasteiger partial charge in [-0.25, -0.2) is 0 Å². The van der Waals surface area contributed by atoms with Gasteiger partial charge >= 0.3 is 0 Å². The van der Waals surface area contributed by atoms with Crippen molar-refractivity contribution in [1.82, 2.24) is 4.90 Å². The van der Waals surface area contributed by atoms with Crippen molar-refractivity contribution in [3.8, 4) is 0 Å². The summed E-state index contributed by atoms with van der Waals surface area (Å²) in [5.74, 6) is 0. The SMILES string of the molecule is C=CC1=C(C2c3ccc4ccccc4c3C=CN2C)C(C)N(c2ccccc2)c2ccccc2C(C)=C1. The number of para-hydroxylation sites is 2. The molecule has 0 amide bonds. The lowest BCUT2D eigenvalue weighted by Crippen LogP contribution is -2.38. The lowest BCUT2D eigenvalue weighted by Gasteiger charge is -2.43. The number of nitrogens with zero attached hydrogens (tertiary/aromatic N) is 2. The highest BCUT2D eigenvalue weighted by molar-refractivity contribution is 5.93. The lowest BCUT2D eigenvalue weighted by molar-refractivity contribution is 0.362. The first-order valence-electron chi connectivity index (χ1n) is 13.0. The Labute approximate surface area is 220 Å². The third kappa shape index (κ3) is 3.81. The molecule has 2 atom stereocenters. The second-order valence-electron chi connectivity index (χ2n) is 10.0. The van der Waals surface area contributed by atoms with Crippen LogP contribution in [0.5, 0.6) is 0 Å². The van der Waals surface area contributed by atoms with Crippen LogP contribution in [0.4, 0.5) is 11.4 Å². The van der Waals surface area contributed by atoms with Crippen LogP contribution in [0.15, 0.2) is 127 Å². The quantitative estimate of drug-likeness (QED) is 0.289. The topological polar surface area (TPSA) is 6.48 Å². The second kappa shape index (κ2) is 9.29. The molecule has 2 aliphatic heterocycles. The molecular formula is C35H32N2. The van der Waals surface area contributed by atoms with Crippen molar-refractivity contribution in [1.29, 1.82) is 0 Å². The van der Waals surface area contributed by atoms with Crippen LogP contribution in [-0.2, 0) is 0 Å². The van der Waals surface area contributed by atoms with E-state index in [0.717, 1.165) is 0 Å². The van der Waals surface area contributed by atoms with Gasteiger partial charge in [0.15, 0.2) is 0 Å². The normalized spacial score (nSPS) is 19.2. The molecule has 4 aromatic carbocycles. The molecule has 182 valence electrons. The Balaban J connectivity index is 1.64. The summed E-state index contributed by atoms with van der Waals surface area (Å²) in [5, 5.41) is 2.57. The van der Waals surface area contributed by atoms with Gasteiger partial charge in [-0.15, -0.1) is 0 Å². The van der Waals surface area contributed by atoms with Crippen molar-refractivity contribution in [2.24, 2.45) is 0 Å². The maximum absolute atomic E-state index is 4.30. The number of likely N-dealkylation sites (N-methyl/N-ethyl adjacent to an activating group) is 1. The van der Waals surface area contributed by atoms with E-state index in [0.29, 0.717) is 0 Å². The fraction of sp³-hybridized carbons (Fsp3) is 0.143. The number of anilines is 2. The highest BCUT2D eigenvalue weighted by atomic mass is 15.2. The van der Waals surface area contributed by atoms with Crippen LogP contribution in [0.3, 0.4) is 0 Å². The van der Waals surface area contributed by atoms with E-state index in [1.165, 1.54) is 55.6 Å². The van der Waals surface area contributed by atoms with Gasteiger partial charge in [-0.1, -0.05) is 91.5 Å². The van der Waals surface area contributed by atoms with Crippen molar-refractivity contribution in [3.63, 3.8) is 0 Å². The monoisotopic (exact) mass is 480 g/mol. The first-order chi connectivity index (χ1) is 18.1. The first kappa shape index (κ1) is 23.1. The van der Waals surface area contributed by atoms with Gasteiger partial charge in [-0.2, -0.15) is 0 Å². The van der Waals surface area contributed by atoms with Crippen LogP contribution in [-0.4, -0.2) is 18.0 Å². The number of hydrogen-bond donors (Lipinski definition) is 0. The first-order valence-corrected chi connectivity index (χ1v) is 13.0. The van der Waals surface area contributed by atoms with Gasteiger partial charge in [0.2, 0.25) is 0 Å². The maximum atomic E-state index is 4.30. The number of allylic oxidation sites excluding steroid dienone is 4. The Morgan fingerprint density at radius 3 is 2.38 bits per heavy atom. The zero-order valence-corrected chi connectivity index (χ0v) is 21.7. The predicted octanol–water partition coefficient (Wildman–Crippen LogP) is 8.92. The molecule has 2 aliphatic rings. The molecule has 4 aromatic rings. The average molecular weight is 481 g/mol. The minimum absolute atomic E-state index is 0.0770. The standard InChI is InChI=1S/C35H32N2/c1-5-26-23-24(2)29-16-11-12-18-33(29)37(28-14-7-6-8-15-28)25(3)34(26)35-32-20-19-27-13-9-10-17-30(27)31(32)21-22-36(35)4/h5-23,25,35H,1H2,2-4H3. The summed E-state index contributed by atoms with van der Waals surface area (Å²) in [7, 11) is 2.19. The maximum Gasteiger partial charge on any atom is 0.0781 e. The van der Waals surface area contributed by atoms with Gasteiger partial charge in [-0.3, -0.25) is 0 Å². The Bertz CT molecular complexity index is 1590. The van der Waals surface area contributed by atoms with Gasteiger partial charge < -0.3 is 9.80 Å². The molecule has 6 rings (SSSR count). The van der Waals surface area contributed by atoms with Gasteiger partial charge in [0.1, 0.15) is 0 Å². The molecule has 0 saturated carbocycles. The Morgan fingerprint density at radius 1 is 0.838 bits per heavy atom. The number of benzene rings is 4. The van der Waals surface area contributed by atoms with Crippen LogP contribution in [0.25, 0.3) is 22.4 Å². The minimum atomic E-state index is 0.0770. The van der Waals surface area contributed by atoms with Crippen molar-refractivity contribution < 1.29 is 0 Å². The van der Waals surface area contributed by atoms with Crippen molar-refractivity contribution in [3.05, 3.63) is 144 Å². The van der Waals surface area contributed by atoms with E-state index in [2.05, 4.69) is 147 Å². The van der Waals surface area contributed by atoms with Gasteiger partial charge in [-0.05, 0) is 76.7 Å². The largest absolute Gasteiger partial charge is 0.370 e. The van der Waals surface area contributed by atoms with Gasteiger partial charge in [0.25, 0.3) is 0 Å². The van der Waals surface area contributed by atoms with Gasteiger partial charge in [0, 0.05) is 30.2 Å². The summed E-state index contributed by atoms with van der Waals surface area (Å²) in [4.78, 5) is 4.85. The third-order valence-corrected chi connectivity index (χ3v) is 7.86. The molecule has 0 spiro atoms. The van der Waals surface area contributed by atoms with Crippen LogP contribution in [0, 0.1) is 0 Å². The minimum Gasteiger partial charge on any atom is -0.370 e. The van der Waals surface area contributed by atoms with E-state index in [1.807, 2.05) is 6.08 Å². The lowest BCUT2D eigenvalue weighted by atomic mass is 9.81. The third-order valence-electron chi connectivity index (χ3n) is 7.86. The Morgan fingerprint density at radius 2 is 1.57 bits per heavy atom. The van der Waals surface area contributed by atoms with Crippen molar-refractivity contribution in [2.75, 3.05) is 11.9 Å². The summed E-state index contributed by atoms with van der Waals surface area (Å²) < 4.78 is 0. The molecule has 0 bridgehead atoms. The number of hydrogen-bond acceptors (Lipinski definition) is 2. The summed E-state index contributed by atoms with van der Waals surface area (Å²) in [6.07, 6.45) is 8.86. The van der Waals surface area contributed by atoms with Crippen LogP contribution in [0.2, 0.25) is 0 Å². The molecule has 2 unspecified atom stereocenters. The predicted molar refractivity (Wildman–Crippen MR) is 159 cm³/mol. The molecule has 2 nitrogen and oxygen atoms in total. The average Bonchev–Trinajstić information content (AvgIpc) is 2.93. The molecule has 0 radical (unpaired) electrons. The van der Waals surface area contributed by atoms with E-state index in [1.54, 1.807) is 0 Å². The highest BCUT2D eigenvalue weighted by Crippen LogP contribution is 2.46. The molecule has 0 fully saturated rings. The van der Waals surface area contributed by atoms with Crippen molar-refractivity contribution >= 4 is 33.8 Å². The van der Waals surface area contributed by atoms with E-state index in [9.17, 15) is 0 Å². The fourth-order valence-electron chi connectivity index (χ4n) is 6.14. The van der Waals surface area contributed by atoms with E-state index in [4.69, 9.17) is 0 Å². The smallest absolute Gasteiger partial charge is 0.0781 e. The van der Waals surface area contributed by atoms with E-state index < -0.39 is 0 Å².